The molecule has 1 amide bonds. The summed E-state index contributed by atoms with van der Waals surface area (Å²) in [6, 6.07) is 1.76. The lowest BCUT2D eigenvalue weighted by atomic mass is 9.94. The van der Waals surface area contributed by atoms with E-state index in [1.165, 1.54) is 19.3 Å². The molecule has 1 saturated carbocycles. The summed E-state index contributed by atoms with van der Waals surface area (Å²) in [6.07, 6.45) is 5.30. The van der Waals surface area contributed by atoms with Crippen molar-refractivity contribution in [3.8, 4) is 0 Å². The summed E-state index contributed by atoms with van der Waals surface area (Å²) in [6.45, 7) is 1.42. The maximum atomic E-state index is 12.0. The molecule has 2 heterocycles. The molecule has 0 bridgehead atoms. The number of hydrogen-bond donors (Lipinski definition) is 2. The molecule has 1 aliphatic carbocycles. The predicted octanol–water partition coefficient (Wildman–Crippen LogP) is 0.679. The number of carbonyl (C=O) groups excluding carboxylic acids is 1. The van der Waals surface area contributed by atoms with E-state index in [-0.39, 0.29) is 11.9 Å². The van der Waals surface area contributed by atoms with E-state index in [4.69, 9.17) is 4.52 Å². The van der Waals surface area contributed by atoms with Crippen LogP contribution in [0.1, 0.15) is 25.0 Å². The molecular formula is C12H17N3O2. The molecule has 0 radical (unpaired) electrons. The standard InChI is InChI=1S/C12H17N3O2/c16-12(14-7-9-4-5-15-17-9)11-10-3-1-2-8(10)6-13-11/h4-5,8,10-11,13H,1-3,6-7H2,(H,14,16). The van der Waals surface area contributed by atoms with Crippen LogP contribution in [0.5, 0.6) is 0 Å². The van der Waals surface area contributed by atoms with E-state index in [9.17, 15) is 4.79 Å². The Hall–Kier alpha value is -1.36. The van der Waals surface area contributed by atoms with Crippen molar-refractivity contribution < 1.29 is 9.32 Å². The number of aromatic nitrogens is 1. The third-order valence-electron chi connectivity index (χ3n) is 3.96. The summed E-state index contributed by atoms with van der Waals surface area (Å²) < 4.78 is 4.95. The summed E-state index contributed by atoms with van der Waals surface area (Å²) >= 11 is 0. The molecule has 1 aliphatic heterocycles. The normalized spacial score (nSPS) is 31.4. The molecule has 17 heavy (non-hydrogen) atoms. The number of fused-ring (bicyclic) bond motifs is 1. The highest BCUT2D eigenvalue weighted by Gasteiger charge is 2.42. The van der Waals surface area contributed by atoms with Crippen LogP contribution in [0.25, 0.3) is 0 Å². The molecule has 2 N–H and O–H groups in total. The van der Waals surface area contributed by atoms with E-state index in [1.54, 1.807) is 12.3 Å². The first-order valence-corrected chi connectivity index (χ1v) is 6.25. The molecule has 2 aliphatic rings. The van der Waals surface area contributed by atoms with Gasteiger partial charge >= 0.3 is 0 Å². The molecule has 1 saturated heterocycles. The van der Waals surface area contributed by atoms with E-state index in [0.717, 1.165) is 6.54 Å². The van der Waals surface area contributed by atoms with Crippen molar-refractivity contribution in [3.63, 3.8) is 0 Å². The van der Waals surface area contributed by atoms with Crippen LogP contribution < -0.4 is 10.6 Å². The molecule has 0 aromatic carbocycles. The molecule has 3 unspecified atom stereocenters. The van der Waals surface area contributed by atoms with Crippen LogP contribution in [0.15, 0.2) is 16.8 Å². The van der Waals surface area contributed by atoms with Gasteiger partial charge in [0, 0.05) is 6.07 Å². The Morgan fingerprint density at radius 1 is 1.59 bits per heavy atom. The molecule has 3 atom stereocenters. The number of hydrogen-bond acceptors (Lipinski definition) is 4. The summed E-state index contributed by atoms with van der Waals surface area (Å²) in [5, 5.41) is 9.84. The second kappa shape index (κ2) is 4.49. The first-order valence-electron chi connectivity index (χ1n) is 6.25. The van der Waals surface area contributed by atoms with Gasteiger partial charge in [0.2, 0.25) is 5.91 Å². The minimum atomic E-state index is -0.00887. The van der Waals surface area contributed by atoms with Crippen molar-refractivity contribution in [3.05, 3.63) is 18.0 Å². The van der Waals surface area contributed by atoms with E-state index >= 15 is 0 Å². The molecule has 1 aromatic rings. The molecule has 2 fully saturated rings. The van der Waals surface area contributed by atoms with Crippen molar-refractivity contribution in [2.75, 3.05) is 6.54 Å². The Bertz CT molecular complexity index is 390. The fraction of sp³-hybridized carbons (Fsp3) is 0.667. The second-order valence-corrected chi connectivity index (χ2v) is 4.94. The lowest BCUT2D eigenvalue weighted by molar-refractivity contribution is -0.124. The lowest BCUT2D eigenvalue weighted by Crippen LogP contribution is -2.43. The summed E-state index contributed by atoms with van der Waals surface area (Å²) in [7, 11) is 0. The zero-order valence-electron chi connectivity index (χ0n) is 9.69. The second-order valence-electron chi connectivity index (χ2n) is 4.94. The van der Waals surface area contributed by atoms with Gasteiger partial charge in [-0.2, -0.15) is 0 Å². The van der Waals surface area contributed by atoms with Gasteiger partial charge in [-0.15, -0.1) is 0 Å². The average Bonchev–Trinajstić information content (AvgIpc) is 3.02. The minimum absolute atomic E-state index is 0.00887. The molecular weight excluding hydrogens is 218 g/mol. The Labute approximate surface area is 99.9 Å². The highest BCUT2D eigenvalue weighted by Crippen LogP contribution is 2.37. The Balaban J connectivity index is 1.55. The van der Waals surface area contributed by atoms with Crippen LogP contribution in [-0.2, 0) is 11.3 Å². The fourth-order valence-electron chi connectivity index (χ4n) is 3.09. The van der Waals surface area contributed by atoms with Crippen LogP contribution in [0, 0.1) is 11.8 Å². The van der Waals surface area contributed by atoms with Crippen molar-refractivity contribution in [1.82, 2.24) is 15.8 Å². The van der Waals surface area contributed by atoms with Gasteiger partial charge in [-0.25, -0.2) is 0 Å². The molecule has 5 heteroatoms. The quantitative estimate of drug-likeness (QED) is 0.808. The van der Waals surface area contributed by atoms with Gasteiger partial charge < -0.3 is 15.2 Å². The summed E-state index contributed by atoms with van der Waals surface area (Å²) in [5.74, 6) is 2.02. The fourth-order valence-corrected chi connectivity index (χ4v) is 3.09. The first-order chi connectivity index (χ1) is 8.34. The van der Waals surface area contributed by atoms with E-state index in [1.807, 2.05) is 0 Å². The molecule has 92 valence electrons. The first kappa shape index (κ1) is 10.8. The Morgan fingerprint density at radius 3 is 3.35 bits per heavy atom. The highest BCUT2D eigenvalue weighted by atomic mass is 16.5. The van der Waals surface area contributed by atoms with Gasteiger partial charge in [-0.05, 0) is 31.2 Å². The van der Waals surface area contributed by atoms with Crippen LogP contribution >= 0.6 is 0 Å². The number of carbonyl (C=O) groups is 1. The third-order valence-corrected chi connectivity index (χ3v) is 3.96. The largest absolute Gasteiger partial charge is 0.360 e. The van der Waals surface area contributed by atoms with Gasteiger partial charge in [-0.3, -0.25) is 4.79 Å². The van der Waals surface area contributed by atoms with E-state index < -0.39 is 0 Å². The van der Waals surface area contributed by atoms with Crippen molar-refractivity contribution in [2.24, 2.45) is 11.8 Å². The van der Waals surface area contributed by atoms with E-state index in [2.05, 4.69) is 15.8 Å². The SMILES string of the molecule is O=C(NCc1ccno1)C1NCC2CCCC21. The van der Waals surface area contributed by atoms with Crippen molar-refractivity contribution >= 4 is 5.91 Å². The van der Waals surface area contributed by atoms with Crippen LogP contribution in [0.4, 0.5) is 0 Å². The smallest absolute Gasteiger partial charge is 0.237 e. The van der Waals surface area contributed by atoms with Gasteiger partial charge in [0.05, 0.1) is 18.8 Å². The predicted molar refractivity (Wildman–Crippen MR) is 61.0 cm³/mol. The van der Waals surface area contributed by atoms with Gasteiger partial charge in [0.15, 0.2) is 5.76 Å². The maximum absolute atomic E-state index is 12.0. The zero-order chi connectivity index (χ0) is 11.7. The minimum Gasteiger partial charge on any atom is -0.360 e. The maximum Gasteiger partial charge on any atom is 0.237 e. The van der Waals surface area contributed by atoms with Crippen molar-refractivity contribution in [1.29, 1.82) is 0 Å². The van der Waals surface area contributed by atoms with Crippen LogP contribution in [0.3, 0.4) is 0 Å². The highest BCUT2D eigenvalue weighted by molar-refractivity contribution is 5.82. The third kappa shape index (κ3) is 2.07. The molecule has 0 spiro atoms. The van der Waals surface area contributed by atoms with Gasteiger partial charge in [-0.1, -0.05) is 11.6 Å². The van der Waals surface area contributed by atoms with Crippen molar-refractivity contribution in [2.45, 2.75) is 31.8 Å². The number of nitrogens with one attached hydrogen (secondary N) is 2. The van der Waals surface area contributed by atoms with Gasteiger partial charge in [0.25, 0.3) is 0 Å². The Morgan fingerprint density at radius 2 is 2.53 bits per heavy atom. The Kier molecular flexibility index (Phi) is 2.84. The number of amides is 1. The molecule has 3 rings (SSSR count). The van der Waals surface area contributed by atoms with Crippen LogP contribution in [-0.4, -0.2) is 23.7 Å². The number of rotatable bonds is 3. The molecule has 1 aromatic heterocycles. The van der Waals surface area contributed by atoms with Crippen LogP contribution in [0.2, 0.25) is 0 Å². The lowest BCUT2D eigenvalue weighted by Gasteiger charge is -2.17. The molecule has 5 nitrogen and oxygen atoms in total. The zero-order valence-corrected chi connectivity index (χ0v) is 9.69. The summed E-state index contributed by atoms with van der Waals surface area (Å²) in [4.78, 5) is 12.0. The van der Waals surface area contributed by atoms with E-state index in [0.29, 0.717) is 24.1 Å². The number of nitrogens with zero attached hydrogens (tertiary/aromatic N) is 1. The average molecular weight is 235 g/mol. The monoisotopic (exact) mass is 235 g/mol. The van der Waals surface area contributed by atoms with Gasteiger partial charge in [0.1, 0.15) is 0 Å². The summed E-state index contributed by atoms with van der Waals surface area (Å²) in [5.41, 5.74) is 0. The topological polar surface area (TPSA) is 67.2 Å².